The zero-order chi connectivity index (χ0) is 24.6. The molecule has 1 amide bonds. The van der Waals surface area contributed by atoms with Crippen molar-refractivity contribution in [3.8, 4) is 5.75 Å². The number of anilines is 3. The minimum atomic E-state index is -0.278. The lowest BCUT2D eigenvalue weighted by atomic mass is 9.88. The third-order valence-electron chi connectivity index (χ3n) is 7.42. The van der Waals surface area contributed by atoms with Crippen LogP contribution in [0.5, 0.6) is 5.75 Å². The van der Waals surface area contributed by atoms with Crippen molar-refractivity contribution >= 4 is 56.5 Å². The number of amides is 1. The fourth-order valence-corrected chi connectivity index (χ4v) is 6.79. The number of rotatable bonds is 9. The summed E-state index contributed by atoms with van der Waals surface area (Å²) in [6.07, 6.45) is 7.79. The summed E-state index contributed by atoms with van der Waals surface area (Å²) in [6.45, 7) is 3.99. The van der Waals surface area contributed by atoms with Crippen molar-refractivity contribution in [2.24, 2.45) is 23.5 Å². The Morgan fingerprint density at radius 1 is 1.17 bits per heavy atom. The second-order valence-electron chi connectivity index (χ2n) is 9.75. The van der Waals surface area contributed by atoms with Crippen LogP contribution in [0.3, 0.4) is 0 Å². The summed E-state index contributed by atoms with van der Waals surface area (Å²) in [4.78, 5) is 24.1. The smallest absolute Gasteiger partial charge is 0.229 e. The quantitative estimate of drug-likeness (QED) is 0.350. The topological polar surface area (TPSA) is 105 Å². The van der Waals surface area contributed by atoms with Crippen LogP contribution in [-0.2, 0) is 4.79 Å². The number of aromatic nitrogens is 2. The summed E-state index contributed by atoms with van der Waals surface area (Å²) < 4.78 is 7.41. The molecule has 10 heteroatoms. The van der Waals surface area contributed by atoms with Gasteiger partial charge in [0.25, 0.3) is 0 Å². The van der Waals surface area contributed by atoms with E-state index in [0.717, 1.165) is 34.6 Å². The number of carbonyl (C=O) groups excluding carboxylic acids is 1. The third-order valence-corrected chi connectivity index (χ3v) is 8.68. The van der Waals surface area contributed by atoms with Gasteiger partial charge in [-0.2, -0.15) is 4.98 Å². The van der Waals surface area contributed by atoms with Crippen LogP contribution in [0.25, 0.3) is 10.2 Å². The van der Waals surface area contributed by atoms with E-state index in [4.69, 9.17) is 27.1 Å². The highest BCUT2D eigenvalue weighted by Gasteiger charge is 2.47. The Kier molecular flexibility index (Phi) is 6.45. The summed E-state index contributed by atoms with van der Waals surface area (Å²) in [5.41, 5.74) is 7.37. The summed E-state index contributed by atoms with van der Waals surface area (Å²) in [5.74, 6) is 1.86. The molecule has 2 fully saturated rings. The largest absolute Gasteiger partial charge is 0.492 e. The Labute approximate surface area is 218 Å². The van der Waals surface area contributed by atoms with E-state index in [9.17, 15) is 4.79 Å². The number of hydrogen-bond donors (Lipinski definition) is 3. The summed E-state index contributed by atoms with van der Waals surface area (Å²) in [5, 5.41) is 6.82. The van der Waals surface area contributed by atoms with Crippen LogP contribution in [0, 0.1) is 17.8 Å². The Morgan fingerprint density at radius 2 is 1.94 bits per heavy atom. The molecule has 36 heavy (non-hydrogen) atoms. The van der Waals surface area contributed by atoms with Gasteiger partial charge < -0.3 is 21.1 Å². The van der Waals surface area contributed by atoms with E-state index in [1.165, 1.54) is 37.3 Å². The number of likely N-dealkylation sites (tertiary alicyclic amines) is 1. The van der Waals surface area contributed by atoms with E-state index < -0.39 is 0 Å². The number of benzene rings is 1. The van der Waals surface area contributed by atoms with Gasteiger partial charge >= 0.3 is 0 Å². The number of nitrogens with zero attached hydrogens (tertiary/aromatic N) is 3. The lowest BCUT2D eigenvalue weighted by molar-refractivity contribution is -0.122. The summed E-state index contributed by atoms with van der Waals surface area (Å²) >= 11 is 7.75. The lowest BCUT2D eigenvalue weighted by Gasteiger charge is -2.27. The first-order valence-corrected chi connectivity index (χ1v) is 13.7. The third kappa shape index (κ3) is 4.75. The Bertz CT molecular complexity index is 1290. The number of thiophene rings is 1. The molecule has 0 radical (unpaired) electrons. The van der Waals surface area contributed by atoms with Crippen molar-refractivity contribution in [2.75, 3.05) is 36.9 Å². The van der Waals surface area contributed by atoms with E-state index in [-0.39, 0.29) is 29.7 Å². The van der Waals surface area contributed by atoms with Gasteiger partial charge in [-0.25, -0.2) is 4.98 Å². The Morgan fingerprint density at radius 3 is 2.72 bits per heavy atom. The molecular weight excluding hydrogens is 496 g/mol. The molecule has 3 heterocycles. The first kappa shape index (κ1) is 23.5. The van der Waals surface area contributed by atoms with Crippen LogP contribution in [0.4, 0.5) is 17.5 Å². The van der Waals surface area contributed by atoms with Crippen LogP contribution in [0.15, 0.2) is 42.5 Å². The van der Waals surface area contributed by atoms with Gasteiger partial charge in [0.2, 0.25) is 11.9 Å². The first-order chi connectivity index (χ1) is 17.5. The van der Waals surface area contributed by atoms with E-state index >= 15 is 0 Å². The molecule has 0 spiro atoms. The van der Waals surface area contributed by atoms with Gasteiger partial charge in [0, 0.05) is 18.3 Å². The van der Waals surface area contributed by atoms with Gasteiger partial charge in [-0.15, -0.1) is 11.3 Å². The van der Waals surface area contributed by atoms with Crippen LogP contribution in [0.2, 0.25) is 4.34 Å². The predicted octanol–water partition coefficient (Wildman–Crippen LogP) is 4.65. The SMILES string of the molecule is NC(=O)[C@H]1C2C=CC(C2)[C@H]1Nc1nc(Nc2ccc(OCCN3CCCC3)cc2)nc2cc(Cl)sc12. The number of hydrogen-bond acceptors (Lipinski definition) is 8. The molecule has 4 N–H and O–H groups in total. The molecule has 1 aromatic carbocycles. The number of nitrogens with one attached hydrogen (secondary N) is 2. The molecule has 4 atom stereocenters. The zero-order valence-electron chi connectivity index (χ0n) is 19.8. The zero-order valence-corrected chi connectivity index (χ0v) is 21.4. The average Bonchev–Trinajstić information content (AvgIpc) is 3.65. The second-order valence-corrected chi connectivity index (χ2v) is 11.4. The van der Waals surface area contributed by atoms with E-state index in [1.54, 1.807) is 0 Å². The van der Waals surface area contributed by atoms with E-state index in [1.807, 2.05) is 30.3 Å². The van der Waals surface area contributed by atoms with E-state index in [0.29, 0.717) is 22.7 Å². The van der Waals surface area contributed by atoms with Crippen molar-refractivity contribution in [1.82, 2.24) is 14.9 Å². The van der Waals surface area contributed by atoms with Gasteiger partial charge in [-0.1, -0.05) is 23.8 Å². The maximum absolute atomic E-state index is 12.2. The molecule has 2 aromatic heterocycles. The van der Waals surface area contributed by atoms with Gasteiger partial charge in [0.1, 0.15) is 18.2 Å². The number of ether oxygens (including phenoxy) is 1. The van der Waals surface area contributed by atoms with Gasteiger partial charge in [0.15, 0.2) is 0 Å². The number of halogens is 1. The Hall–Kier alpha value is -2.88. The van der Waals surface area contributed by atoms with Crippen molar-refractivity contribution in [1.29, 1.82) is 0 Å². The number of primary amides is 1. The molecule has 6 rings (SSSR count). The molecule has 2 unspecified atom stereocenters. The minimum Gasteiger partial charge on any atom is -0.492 e. The van der Waals surface area contributed by atoms with Crippen molar-refractivity contribution in [3.63, 3.8) is 0 Å². The highest BCUT2D eigenvalue weighted by molar-refractivity contribution is 7.23. The molecule has 8 nitrogen and oxygen atoms in total. The maximum Gasteiger partial charge on any atom is 0.229 e. The summed E-state index contributed by atoms with van der Waals surface area (Å²) in [6, 6.07) is 9.55. The van der Waals surface area contributed by atoms with Crippen molar-refractivity contribution in [2.45, 2.75) is 25.3 Å². The first-order valence-electron chi connectivity index (χ1n) is 12.5. The Balaban J connectivity index is 1.18. The van der Waals surface area contributed by atoms with Crippen molar-refractivity contribution in [3.05, 3.63) is 46.8 Å². The molecule has 2 aliphatic carbocycles. The molecule has 2 bridgehead atoms. The molecule has 1 saturated heterocycles. The van der Waals surface area contributed by atoms with Crippen LogP contribution in [0.1, 0.15) is 19.3 Å². The van der Waals surface area contributed by atoms with Crippen LogP contribution < -0.4 is 21.1 Å². The monoisotopic (exact) mass is 524 g/mol. The number of nitrogens with two attached hydrogens (primary N) is 1. The van der Waals surface area contributed by atoms with Gasteiger partial charge in [-0.3, -0.25) is 9.69 Å². The standard InChI is InChI=1S/C26H29ClN6O2S/c27-20-14-19-23(36-20)25(31-22-16-4-3-15(13-16)21(22)24(28)34)32-26(30-19)29-17-5-7-18(8-6-17)35-12-11-33-9-1-2-10-33/h3-8,14-16,21-22H,1-2,9-13H2,(H2,28,34)(H2,29,30,31,32)/t15?,16?,21-,22+/m0/s1. The van der Waals surface area contributed by atoms with Crippen LogP contribution in [-0.4, -0.2) is 53.1 Å². The predicted molar refractivity (Wildman–Crippen MR) is 144 cm³/mol. The fraction of sp³-hybridized carbons (Fsp3) is 0.423. The van der Waals surface area contributed by atoms with Crippen LogP contribution >= 0.6 is 22.9 Å². The molecule has 1 saturated carbocycles. The van der Waals surface area contributed by atoms with E-state index in [2.05, 4.69) is 32.7 Å². The molecule has 3 aromatic rings. The number of allylic oxidation sites excluding steroid dienone is 1. The van der Waals surface area contributed by atoms with Crippen molar-refractivity contribution < 1.29 is 9.53 Å². The molecule has 3 aliphatic rings. The van der Waals surface area contributed by atoms with Gasteiger partial charge in [0.05, 0.1) is 20.5 Å². The normalized spacial score (nSPS) is 25.0. The van der Waals surface area contributed by atoms with Gasteiger partial charge in [-0.05, 0) is 74.5 Å². The fourth-order valence-electron chi connectivity index (χ4n) is 5.68. The molecular formula is C26H29ClN6O2S. The average molecular weight is 525 g/mol. The number of carbonyl (C=O) groups is 1. The second kappa shape index (κ2) is 9.88. The highest BCUT2D eigenvalue weighted by atomic mass is 35.5. The lowest BCUT2D eigenvalue weighted by Crippen LogP contribution is -2.41. The summed E-state index contributed by atoms with van der Waals surface area (Å²) in [7, 11) is 0. The highest BCUT2D eigenvalue weighted by Crippen LogP contribution is 2.46. The maximum atomic E-state index is 12.2. The molecule has 1 aliphatic heterocycles. The number of fused-ring (bicyclic) bond motifs is 3. The minimum absolute atomic E-state index is 0.0960. The molecule has 188 valence electrons.